The van der Waals surface area contributed by atoms with Crippen LogP contribution in [0.2, 0.25) is 22.2 Å². The van der Waals surface area contributed by atoms with Crippen molar-refractivity contribution >= 4 is 23.1 Å². The Morgan fingerprint density at radius 3 is 2.06 bits per heavy atom. The van der Waals surface area contributed by atoms with E-state index in [-0.39, 0.29) is 28.8 Å². The number of hydrogen-bond donors (Lipinski definition) is 1. The zero-order valence-electron chi connectivity index (χ0n) is 22.8. The largest absolute Gasteiger partial charge is 0.451 e. The van der Waals surface area contributed by atoms with Gasteiger partial charge in [-0.25, -0.2) is 4.79 Å². The number of benzene rings is 1. The van der Waals surface area contributed by atoms with Crippen molar-refractivity contribution in [3.05, 3.63) is 48.0 Å². The number of carbonyl (C=O) groups is 1. The normalized spacial score (nSPS) is 29.7. The number of esters is 1. The number of rotatable bonds is 6. The van der Waals surface area contributed by atoms with Crippen molar-refractivity contribution < 1.29 is 27.6 Å². The number of ether oxygens (including phenoxy) is 1. The molecule has 0 unspecified atom stereocenters. The fourth-order valence-electron chi connectivity index (χ4n) is 5.64. The van der Waals surface area contributed by atoms with Gasteiger partial charge in [0.25, 0.3) is 0 Å². The second-order valence-electron chi connectivity index (χ2n) is 11.3. The highest BCUT2D eigenvalue weighted by Gasteiger charge is 2.67. The molecule has 198 valence electrons. The molecule has 4 atom stereocenters. The summed E-state index contributed by atoms with van der Waals surface area (Å²) in [6.45, 7) is 20.9. The lowest BCUT2D eigenvalue weighted by Gasteiger charge is -2.53. The summed E-state index contributed by atoms with van der Waals surface area (Å²) in [5.74, 6) is -0.593. The fraction of sp³-hybridized carbons (Fsp3) is 0.630. The minimum absolute atomic E-state index is 0.0198. The molecular formula is C27H41NO6Si2. The molecule has 1 saturated heterocycles. The van der Waals surface area contributed by atoms with Gasteiger partial charge in [-0.1, -0.05) is 80.2 Å². The van der Waals surface area contributed by atoms with Gasteiger partial charge >= 0.3 is 23.1 Å². The molecule has 1 aromatic rings. The first-order valence-electron chi connectivity index (χ1n) is 12.9. The highest BCUT2D eigenvalue weighted by molar-refractivity contribution is 6.84. The van der Waals surface area contributed by atoms with Gasteiger partial charge in [-0.2, -0.15) is 5.26 Å². The monoisotopic (exact) mass is 531 g/mol. The predicted molar refractivity (Wildman–Crippen MR) is 143 cm³/mol. The van der Waals surface area contributed by atoms with Crippen LogP contribution in [-0.4, -0.2) is 53.1 Å². The molecule has 0 amide bonds. The lowest BCUT2D eigenvalue weighted by Crippen LogP contribution is -2.66. The topological polar surface area (TPSA) is 98.0 Å². The van der Waals surface area contributed by atoms with Crippen LogP contribution in [0.5, 0.6) is 0 Å². The van der Waals surface area contributed by atoms with Gasteiger partial charge in [-0.15, -0.1) is 0 Å². The maximum absolute atomic E-state index is 12.9. The summed E-state index contributed by atoms with van der Waals surface area (Å²) in [4.78, 5) is 12.9. The molecule has 7 nitrogen and oxygen atoms in total. The first kappa shape index (κ1) is 28.8. The lowest BCUT2D eigenvalue weighted by atomic mass is 9.83. The molecule has 1 aromatic carbocycles. The maximum Gasteiger partial charge on any atom is 0.338 e. The van der Waals surface area contributed by atoms with Gasteiger partial charge in [0.2, 0.25) is 0 Å². The molecule has 0 bridgehead atoms. The van der Waals surface area contributed by atoms with Crippen LogP contribution in [0.25, 0.3) is 0 Å². The molecular weight excluding hydrogens is 490 g/mol. The van der Waals surface area contributed by atoms with Gasteiger partial charge in [0.15, 0.2) is 6.10 Å². The van der Waals surface area contributed by atoms with Crippen molar-refractivity contribution in [2.75, 3.05) is 6.61 Å². The molecule has 3 rings (SSSR count). The molecule has 1 aliphatic heterocycles. The number of hydrogen-bond acceptors (Lipinski definition) is 7. The van der Waals surface area contributed by atoms with E-state index in [0.29, 0.717) is 11.1 Å². The summed E-state index contributed by atoms with van der Waals surface area (Å²) in [5, 5.41) is 22.1. The van der Waals surface area contributed by atoms with E-state index in [1.54, 1.807) is 30.3 Å². The van der Waals surface area contributed by atoms with E-state index in [0.717, 1.165) is 0 Å². The second kappa shape index (κ2) is 10.5. The first-order chi connectivity index (χ1) is 16.8. The van der Waals surface area contributed by atoms with E-state index in [4.69, 9.17) is 17.7 Å². The van der Waals surface area contributed by atoms with Crippen LogP contribution in [-0.2, 0) is 17.7 Å². The van der Waals surface area contributed by atoms with Gasteiger partial charge < -0.3 is 22.8 Å². The van der Waals surface area contributed by atoms with Crippen LogP contribution >= 0.6 is 0 Å². The second-order valence-corrected chi connectivity index (χ2v) is 20.1. The predicted octanol–water partition coefficient (Wildman–Crippen LogP) is 5.61. The zero-order chi connectivity index (χ0) is 27.1. The Kier molecular flexibility index (Phi) is 8.40. The van der Waals surface area contributed by atoms with Crippen LogP contribution in [0.4, 0.5) is 0 Å². The summed E-state index contributed by atoms with van der Waals surface area (Å²) >= 11 is 0. The molecule has 1 aliphatic carbocycles. The number of nitriles is 1. The summed E-state index contributed by atoms with van der Waals surface area (Å²) in [6.07, 6.45) is -3.38. The smallest absolute Gasteiger partial charge is 0.338 e. The van der Waals surface area contributed by atoms with Crippen LogP contribution in [0.1, 0.15) is 65.7 Å². The Hall–Kier alpha value is -1.81. The number of fused-ring (bicyclic) bond motifs is 1. The van der Waals surface area contributed by atoms with Crippen molar-refractivity contribution in [2.45, 2.75) is 95.9 Å². The third-order valence-corrected chi connectivity index (χ3v) is 18.0. The van der Waals surface area contributed by atoms with E-state index in [1.807, 2.05) is 0 Å². The first-order valence-corrected chi connectivity index (χ1v) is 16.8. The summed E-state index contributed by atoms with van der Waals surface area (Å²) in [5.41, 5.74) is -0.479. The SMILES string of the molecule is C=C1[C@H](OC(=O)c2ccccc2)[C@H](O)[C@@H]2O[Si](C(C)C)(C(C)C)O[Si](C(C)C)(C(C)C)OC[C@@]12C#N. The highest BCUT2D eigenvalue weighted by Crippen LogP contribution is 2.54. The van der Waals surface area contributed by atoms with Gasteiger partial charge in [0.1, 0.15) is 17.6 Å². The van der Waals surface area contributed by atoms with E-state index in [9.17, 15) is 15.2 Å². The average molecular weight is 532 g/mol. The van der Waals surface area contributed by atoms with Crippen LogP contribution in [0, 0.1) is 16.7 Å². The fourth-order valence-corrected chi connectivity index (χ4v) is 16.9. The standard InChI is InChI=1S/C27H41NO6Si2/c1-17(2)35(18(3)4)31-16-27(15-28)21(9)24(32-26(30)22-13-11-10-12-14-22)23(29)25(27)33-36(34-35,19(5)6)20(7)8/h10-14,17-20,23-25,29H,9,16H2,1-8H3/t23-,24-,25-,27-/m0/s1. The molecule has 0 radical (unpaired) electrons. The van der Waals surface area contributed by atoms with Crippen molar-refractivity contribution in [3.8, 4) is 6.07 Å². The van der Waals surface area contributed by atoms with Crippen LogP contribution in [0.3, 0.4) is 0 Å². The third-order valence-electron chi connectivity index (χ3n) is 7.84. The molecule has 0 spiro atoms. The van der Waals surface area contributed by atoms with E-state index in [1.165, 1.54) is 0 Å². The molecule has 1 N–H and O–H groups in total. The Bertz CT molecular complexity index is 989. The van der Waals surface area contributed by atoms with Crippen molar-refractivity contribution in [1.82, 2.24) is 0 Å². The van der Waals surface area contributed by atoms with Crippen molar-refractivity contribution in [2.24, 2.45) is 5.41 Å². The average Bonchev–Trinajstić information content (AvgIpc) is 2.99. The summed E-state index contributed by atoms with van der Waals surface area (Å²) < 4.78 is 26.6. The Morgan fingerprint density at radius 2 is 1.58 bits per heavy atom. The van der Waals surface area contributed by atoms with Gasteiger partial charge in [0.05, 0.1) is 18.2 Å². The number of nitrogens with zero attached hydrogens (tertiary/aromatic N) is 1. The van der Waals surface area contributed by atoms with Crippen molar-refractivity contribution in [1.29, 1.82) is 5.26 Å². The molecule has 0 aromatic heterocycles. The van der Waals surface area contributed by atoms with Gasteiger partial charge in [-0.3, -0.25) is 0 Å². The lowest BCUT2D eigenvalue weighted by molar-refractivity contribution is -0.0609. The summed E-state index contributed by atoms with van der Waals surface area (Å²) in [6, 6.07) is 11.0. The van der Waals surface area contributed by atoms with E-state index >= 15 is 0 Å². The molecule has 9 heteroatoms. The molecule has 2 fully saturated rings. The van der Waals surface area contributed by atoms with E-state index in [2.05, 4.69) is 68.0 Å². The zero-order valence-corrected chi connectivity index (χ0v) is 24.8. The van der Waals surface area contributed by atoms with Gasteiger partial charge in [-0.05, 0) is 39.9 Å². The summed E-state index contributed by atoms with van der Waals surface area (Å²) in [7, 11) is -6.00. The molecule has 1 heterocycles. The number of aliphatic hydroxyl groups is 1. The van der Waals surface area contributed by atoms with Gasteiger partial charge in [0, 0.05) is 0 Å². The molecule has 2 aliphatic rings. The minimum Gasteiger partial charge on any atom is -0.451 e. The van der Waals surface area contributed by atoms with Crippen molar-refractivity contribution in [3.63, 3.8) is 0 Å². The Balaban J connectivity index is 2.13. The molecule has 36 heavy (non-hydrogen) atoms. The number of carbonyl (C=O) groups excluding carboxylic acids is 1. The quantitative estimate of drug-likeness (QED) is 0.289. The molecule has 1 saturated carbocycles. The third kappa shape index (κ3) is 4.53. The minimum atomic E-state index is -3.09. The maximum atomic E-state index is 12.9. The van der Waals surface area contributed by atoms with Crippen LogP contribution < -0.4 is 0 Å². The Labute approximate surface area is 217 Å². The van der Waals surface area contributed by atoms with E-state index < -0.39 is 46.8 Å². The van der Waals surface area contributed by atoms with Crippen LogP contribution in [0.15, 0.2) is 42.5 Å². The highest BCUT2D eigenvalue weighted by atomic mass is 28.5. The Morgan fingerprint density at radius 1 is 1.06 bits per heavy atom. The number of aliphatic hydroxyl groups excluding tert-OH is 1.